The van der Waals surface area contributed by atoms with E-state index in [-0.39, 0.29) is 36.4 Å². The van der Waals surface area contributed by atoms with Crippen LogP contribution in [0, 0.1) is 6.92 Å². The maximum absolute atomic E-state index is 11.8. The van der Waals surface area contributed by atoms with Crippen molar-refractivity contribution in [3.63, 3.8) is 0 Å². The molecule has 1 fully saturated rings. The van der Waals surface area contributed by atoms with E-state index < -0.39 is 0 Å². The zero-order valence-electron chi connectivity index (χ0n) is 17.9. The summed E-state index contributed by atoms with van der Waals surface area (Å²) >= 11 is 0. The Hall–Kier alpha value is -1.39. The average Bonchev–Trinajstić information content (AvgIpc) is 2.68. The van der Waals surface area contributed by atoms with E-state index in [9.17, 15) is 4.79 Å². The van der Waals surface area contributed by atoms with Crippen LogP contribution in [0.4, 0.5) is 0 Å². The lowest BCUT2D eigenvalue weighted by Crippen LogP contribution is -2.48. The molecular formula is C21H36IN5O2. The van der Waals surface area contributed by atoms with Crippen LogP contribution in [0.15, 0.2) is 29.3 Å². The van der Waals surface area contributed by atoms with Crippen LogP contribution >= 0.6 is 24.0 Å². The molecule has 2 rings (SSSR count). The van der Waals surface area contributed by atoms with E-state index in [1.54, 1.807) is 7.11 Å². The van der Waals surface area contributed by atoms with Gasteiger partial charge in [-0.1, -0.05) is 29.8 Å². The van der Waals surface area contributed by atoms with Crippen LogP contribution in [0.2, 0.25) is 0 Å². The third-order valence-corrected chi connectivity index (χ3v) is 4.77. The fraction of sp³-hybridized carbons (Fsp3) is 0.619. The Morgan fingerprint density at radius 3 is 2.69 bits per heavy atom. The van der Waals surface area contributed by atoms with Crippen LogP contribution in [0.5, 0.6) is 0 Å². The summed E-state index contributed by atoms with van der Waals surface area (Å²) in [6, 6.07) is 9.11. The van der Waals surface area contributed by atoms with Crippen molar-refractivity contribution < 1.29 is 9.53 Å². The normalized spacial score (nSPS) is 15.5. The van der Waals surface area contributed by atoms with E-state index in [0.717, 1.165) is 39.0 Å². The number of hydrogen-bond donors (Lipinski definition) is 3. The number of benzene rings is 1. The molecule has 1 heterocycles. The van der Waals surface area contributed by atoms with Crippen LogP contribution in [-0.2, 0) is 16.1 Å². The Labute approximate surface area is 192 Å². The lowest BCUT2D eigenvalue weighted by Gasteiger charge is -2.33. The quantitative estimate of drug-likeness (QED) is 0.202. The van der Waals surface area contributed by atoms with Crippen LogP contribution in [0.25, 0.3) is 0 Å². The summed E-state index contributed by atoms with van der Waals surface area (Å²) in [6.07, 6.45) is 2.13. The second kappa shape index (κ2) is 14.6. The van der Waals surface area contributed by atoms with Gasteiger partial charge >= 0.3 is 0 Å². The maximum Gasteiger partial charge on any atom is 0.241 e. The number of halogens is 1. The molecule has 1 aliphatic rings. The Morgan fingerprint density at radius 1 is 1.28 bits per heavy atom. The fourth-order valence-corrected chi connectivity index (χ4v) is 3.32. The number of aryl methyl sites for hydroxylation is 1. The molecule has 1 aromatic carbocycles. The number of amides is 1. The molecule has 0 radical (unpaired) electrons. The Kier molecular flexibility index (Phi) is 12.9. The van der Waals surface area contributed by atoms with Crippen molar-refractivity contribution in [3.8, 4) is 0 Å². The van der Waals surface area contributed by atoms with E-state index in [0.29, 0.717) is 25.2 Å². The van der Waals surface area contributed by atoms with E-state index in [1.165, 1.54) is 11.1 Å². The minimum Gasteiger partial charge on any atom is -0.383 e. The van der Waals surface area contributed by atoms with Crippen LogP contribution < -0.4 is 16.0 Å². The largest absolute Gasteiger partial charge is 0.383 e. The highest BCUT2D eigenvalue weighted by molar-refractivity contribution is 14.0. The average molecular weight is 517 g/mol. The molecule has 1 saturated heterocycles. The first-order valence-corrected chi connectivity index (χ1v) is 10.2. The van der Waals surface area contributed by atoms with E-state index in [4.69, 9.17) is 4.74 Å². The van der Waals surface area contributed by atoms with Crippen molar-refractivity contribution in [2.45, 2.75) is 39.3 Å². The van der Waals surface area contributed by atoms with Gasteiger partial charge in [-0.3, -0.25) is 9.69 Å². The maximum atomic E-state index is 11.8. The third-order valence-electron chi connectivity index (χ3n) is 4.77. The summed E-state index contributed by atoms with van der Waals surface area (Å²) in [5, 5.41) is 9.50. The summed E-state index contributed by atoms with van der Waals surface area (Å²) in [4.78, 5) is 18.7. The standard InChI is InChI=1S/C21H35N5O2.HI/c1-4-22-21(24-15-20(27)23-10-13-28-3)25-19-8-11-26(12-9-19)16-18-7-5-6-17(2)14-18;/h5-7,14,19H,4,8-13,15-16H2,1-3H3,(H,23,27)(H2,22,24,25);1H. The number of aliphatic imine (C=N–C) groups is 1. The number of methoxy groups -OCH3 is 1. The first-order valence-electron chi connectivity index (χ1n) is 10.2. The van der Waals surface area contributed by atoms with Crippen molar-refractivity contribution in [2.75, 3.05) is 46.4 Å². The monoisotopic (exact) mass is 517 g/mol. The van der Waals surface area contributed by atoms with Gasteiger partial charge in [0.25, 0.3) is 0 Å². The number of ether oxygens (including phenoxy) is 1. The predicted octanol–water partition coefficient (Wildman–Crippen LogP) is 1.90. The predicted molar refractivity (Wildman–Crippen MR) is 129 cm³/mol. The van der Waals surface area contributed by atoms with Gasteiger partial charge in [0, 0.05) is 45.9 Å². The Balaban J connectivity index is 0.00000420. The van der Waals surface area contributed by atoms with Gasteiger partial charge in [0.1, 0.15) is 6.54 Å². The molecule has 0 bridgehead atoms. The summed E-state index contributed by atoms with van der Waals surface area (Å²) in [5.74, 6) is 0.615. The molecule has 0 unspecified atom stereocenters. The van der Waals surface area contributed by atoms with Crippen LogP contribution in [-0.4, -0.2) is 69.2 Å². The lowest BCUT2D eigenvalue weighted by molar-refractivity contribution is -0.119. The molecular weight excluding hydrogens is 481 g/mol. The first-order chi connectivity index (χ1) is 13.6. The number of nitrogens with one attached hydrogen (secondary N) is 3. The zero-order valence-corrected chi connectivity index (χ0v) is 20.2. The van der Waals surface area contributed by atoms with Gasteiger partial charge in [0.15, 0.2) is 5.96 Å². The van der Waals surface area contributed by atoms with Crippen molar-refractivity contribution in [2.24, 2.45) is 4.99 Å². The SMILES string of the molecule is CCNC(=NCC(=O)NCCOC)NC1CCN(Cc2cccc(C)c2)CC1.I. The van der Waals surface area contributed by atoms with Gasteiger partial charge in [0.2, 0.25) is 5.91 Å². The van der Waals surface area contributed by atoms with E-state index >= 15 is 0 Å². The smallest absolute Gasteiger partial charge is 0.241 e. The van der Waals surface area contributed by atoms with Crippen molar-refractivity contribution in [1.29, 1.82) is 0 Å². The van der Waals surface area contributed by atoms with Gasteiger partial charge < -0.3 is 20.7 Å². The summed E-state index contributed by atoms with van der Waals surface area (Å²) in [7, 11) is 1.61. The number of piperidine rings is 1. The fourth-order valence-electron chi connectivity index (χ4n) is 3.32. The number of rotatable bonds is 9. The Morgan fingerprint density at radius 2 is 2.03 bits per heavy atom. The highest BCUT2D eigenvalue weighted by atomic mass is 127. The van der Waals surface area contributed by atoms with Gasteiger partial charge in [-0.2, -0.15) is 0 Å². The number of likely N-dealkylation sites (tertiary alicyclic amines) is 1. The summed E-state index contributed by atoms with van der Waals surface area (Å²) in [6.45, 7) is 9.19. The zero-order chi connectivity index (χ0) is 20.2. The third kappa shape index (κ3) is 10.3. The van der Waals surface area contributed by atoms with Gasteiger partial charge in [0.05, 0.1) is 6.61 Å². The molecule has 3 N–H and O–H groups in total. The van der Waals surface area contributed by atoms with Crippen molar-refractivity contribution in [3.05, 3.63) is 35.4 Å². The summed E-state index contributed by atoms with van der Waals surface area (Å²) < 4.78 is 4.93. The van der Waals surface area contributed by atoms with E-state index in [1.807, 2.05) is 6.92 Å². The first kappa shape index (κ1) is 25.6. The molecule has 1 aliphatic heterocycles. The number of guanidine groups is 1. The second-order valence-corrected chi connectivity index (χ2v) is 7.22. The molecule has 0 aromatic heterocycles. The molecule has 29 heavy (non-hydrogen) atoms. The van der Waals surface area contributed by atoms with Gasteiger partial charge in [-0.25, -0.2) is 4.99 Å². The molecule has 164 valence electrons. The molecule has 7 nitrogen and oxygen atoms in total. The van der Waals surface area contributed by atoms with Gasteiger partial charge in [-0.15, -0.1) is 24.0 Å². The van der Waals surface area contributed by atoms with E-state index in [2.05, 4.69) is 57.0 Å². The molecule has 0 aliphatic carbocycles. The Bertz CT molecular complexity index is 633. The molecule has 0 atom stereocenters. The number of carbonyl (C=O) groups is 1. The summed E-state index contributed by atoms with van der Waals surface area (Å²) in [5.41, 5.74) is 2.69. The number of hydrogen-bond acceptors (Lipinski definition) is 4. The van der Waals surface area contributed by atoms with Gasteiger partial charge in [-0.05, 0) is 32.3 Å². The number of nitrogens with zero attached hydrogens (tertiary/aromatic N) is 2. The minimum atomic E-state index is -0.0952. The molecule has 0 saturated carbocycles. The molecule has 1 aromatic rings. The van der Waals surface area contributed by atoms with Crippen LogP contribution in [0.3, 0.4) is 0 Å². The van der Waals surface area contributed by atoms with Crippen molar-refractivity contribution in [1.82, 2.24) is 20.9 Å². The highest BCUT2D eigenvalue weighted by Gasteiger charge is 2.20. The van der Waals surface area contributed by atoms with Crippen molar-refractivity contribution >= 4 is 35.8 Å². The lowest BCUT2D eigenvalue weighted by atomic mass is 10.0. The number of carbonyl (C=O) groups excluding carboxylic acids is 1. The molecule has 1 amide bonds. The molecule has 8 heteroatoms. The second-order valence-electron chi connectivity index (χ2n) is 7.22. The minimum absolute atomic E-state index is 0. The highest BCUT2D eigenvalue weighted by Crippen LogP contribution is 2.14. The topological polar surface area (TPSA) is 78.0 Å². The van der Waals surface area contributed by atoms with Crippen LogP contribution in [0.1, 0.15) is 30.9 Å². The molecule has 0 spiro atoms.